The van der Waals surface area contributed by atoms with Crippen LogP contribution in [0.5, 0.6) is 0 Å². The van der Waals surface area contributed by atoms with Crippen LogP contribution in [0.15, 0.2) is 54.6 Å². The van der Waals surface area contributed by atoms with Crippen LogP contribution < -0.4 is 5.32 Å². The zero-order valence-corrected chi connectivity index (χ0v) is 16.4. The van der Waals surface area contributed by atoms with Crippen LogP contribution >= 0.6 is 0 Å². The lowest BCUT2D eigenvalue weighted by molar-refractivity contribution is 0.0684. The summed E-state index contributed by atoms with van der Waals surface area (Å²) >= 11 is 0. The van der Waals surface area contributed by atoms with Crippen molar-refractivity contribution in [2.45, 2.75) is 51.7 Å². The van der Waals surface area contributed by atoms with Crippen LogP contribution in [0, 0.1) is 5.92 Å². The van der Waals surface area contributed by atoms with Crippen LogP contribution in [0.2, 0.25) is 0 Å². The van der Waals surface area contributed by atoms with E-state index in [1.54, 1.807) is 0 Å². The van der Waals surface area contributed by atoms with E-state index in [0.29, 0.717) is 30.7 Å². The van der Waals surface area contributed by atoms with Crippen LogP contribution in [0.4, 0.5) is 0 Å². The Kier molecular flexibility index (Phi) is 5.49. The van der Waals surface area contributed by atoms with Gasteiger partial charge < -0.3 is 15.0 Å². The molecular formula is C24H28N2O2. The molecule has 1 heterocycles. The molecule has 146 valence electrons. The van der Waals surface area contributed by atoms with Crippen LogP contribution in [-0.2, 0) is 13.1 Å². The Labute approximate surface area is 166 Å². The first kappa shape index (κ1) is 18.8. The van der Waals surface area contributed by atoms with E-state index in [9.17, 15) is 9.90 Å². The number of nitrogens with one attached hydrogen (secondary N) is 1. The quantitative estimate of drug-likeness (QED) is 0.632. The van der Waals surface area contributed by atoms with Crippen molar-refractivity contribution >= 4 is 16.9 Å². The van der Waals surface area contributed by atoms with Gasteiger partial charge in [-0.1, -0.05) is 68.3 Å². The Balaban J connectivity index is 1.72. The highest BCUT2D eigenvalue weighted by Crippen LogP contribution is 2.29. The summed E-state index contributed by atoms with van der Waals surface area (Å²) in [6.07, 6.45) is 4.98. The summed E-state index contributed by atoms with van der Waals surface area (Å²) in [7, 11) is 0. The number of nitrogens with zero attached hydrogens (tertiary/aromatic N) is 1. The molecule has 2 aromatic carbocycles. The second-order valence-corrected chi connectivity index (χ2v) is 7.97. The van der Waals surface area contributed by atoms with E-state index in [2.05, 4.69) is 12.2 Å². The van der Waals surface area contributed by atoms with Gasteiger partial charge in [0.1, 0.15) is 5.69 Å². The molecule has 1 aromatic heterocycles. The lowest BCUT2D eigenvalue weighted by Crippen LogP contribution is -2.37. The summed E-state index contributed by atoms with van der Waals surface area (Å²) < 4.78 is 1.95. The van der Waals surface area contributed by atoms with Crippen molar-refractivity contribution in [3.8, 4) is 0 Å². The highest BCUT2D eigenvalue weighted by atomic mass is 16.4. The third-order valence-electron chi connectivity index (χ3n) is 6.11. The standard InChI is InChI=1S/C24H28N2O2/c1-17-9-5-7-13-21(17)25-15-20-19-12-6-8-14-22(19)26(23(20)24(27)28)16-18-10-3-2-4-11-18/h2-4,6,8,10-12,14,17,21,25H,5,7,9,13,15-16H2,1H3,(H,27,28)/t17-,21+/m1/s1. The SMILES string of the molecule is C[C@@H]1CCCC[C@@H]1NCc1c(C(=O)O)n(Cc2ccccc2)c2ccccc12. The Morgan fingerprint density at radius 3 is 2.54 bits per heavy atom. The molecule has 2 atom stereocenters. The van der Waals surface area contributed by atoms with Gasteiger partial charge in [-0.25, -0.2) is 4.79 Å². The fraction of sp³-hybridized carbons (Fsp3) is 0.375. The summed E-state index contributed by atoms with van der Waals surface area (Å²) in [5.74, 6) is -0.222. The second-order valence-electron chi connectivity index (χ2n) is 7.97. The molecule has 0 unspecified atom stereocenters. The van der Waals surface area contributed by atoms with E-state index in [-0.39, 0.29) is 0 Å². The van der Waals surface area contributed by atoms with E-state index in [1.165, 1.54) is 25.7 Å². The molecule has 0 amide bonds. The number of carboxylic acids is 1. The summed E-state index contributed by atoms with van der Waals surface area (Å²) in [6.45, 7) is 3.45. The van der Waals surface area contributed by atoms with E-state index in [1.807, 2.05) is 59.2 Å². The third kappa shape index (κ3) is 3.69. The van der Waals surface area contributed by atoms with Crippen molar-refractivity contribution in [1.29, 1.82) is 0 Å². The number of hydrogen-bond donors (Lipinski definition) is 2. The van der Waals surface area contributed by atoms with Crippen LogP contribution in [0.3, 0.4) is 0 Å². The Bertz CT molecular complexity index is 961. The third-order valence-corrected chi connectivity index (χ3v) is 6.11. The minimum atomic E-state index is -0.861. The molecule has 1 saturated carbocycles. The van der Waals surface area contributed by atoms with Crippen molar-refractivity contribution in [1.82, 2.24) is 9.88 Å². The molecular weight excluding hydrogens is 348 g/mol. The van der Waals surface area contributed by atoms with Crippen LogP contribution in [0.25, 0.3) is 10.9 Å². The van der Waals surface area contributed by atoms with Gasteiger partial charge in [-0.05, 0) is 30.4 Å². The number of hydrogen-bond acceptors (Lipinski definition) is 2. The van der Waals surface area contributed by atoms with Gasteiger partial charge in [-0.2, -0.15) is 0 Å². The molecule has 0 saturated heterocycles. The number of para-hydroxylation sites is 1. The summed E-state index contributed by atoms with van der Waals surface area (Å²) in [5, 5.41) is 14.8. The van der Waals surface area contributed by atoms with Crippen molar-refractivity contribution in [3.63, 3.8) is 0 Å². The number of carboxylic acid groups (broad SMARTS) is 1. The zero-order valence-electron chi connectivity index (χ0n) is 16.4. The fourth-order valence-corrected chi connectivity index (χ4v) is 4.58. The maximum absolute atomic E-state index is 12.3. The zero-order chi connectivity index (χ0) is 19.5. The monoisotopic (exact) mass is 376 g/mol. The van der Waals surface area contributed by atoms with Gasteiger partial charge in [-0.15, -0.1) is 0 Å². The molecule has 0 radical (unpaired) electrons. The lowest BCUT2D eigenvalue weighted by Gasteiger charge is -2.29. The molecule has 4 heteroatoms. The molecule has 0 bridgehead atoms. The van der Waals surface area contributed by atoms with E-state index >= 15 is 0 Å². The predicted molar refractivity (Wildman–Crippen MR) is 113 cm³/mol. The average Bonchev–Trinajstić information content (AvgIpc) is 3.02. The molecule has 3 aromatic rings. The number of benzene rings is 2. The average molecular weight is 377 g/mol. The number of aromatic nitrogens is 1. The van der Waals surface area contributed by atoms with Gasteiger partial charge in [0.2, 0.25) is 0 Å². The Hall–Kier alpha value is -2.59. The van der Waals surface area contributed by atoms with E-state index in [0.717, 1.165) is 22.0 Å². The topological polar surface area (TPSA) is 54.3 Å². The number of carbonyl (C=O) groups is 1. The number of fused-ring (bicyclic) bond motifs is 1. The fourth-order valence-electron chi connectivity index (χ4n) is 4.58. The van der Waals surface area contributed by atoms with Crippen LogP contribution in [-0.4, -0.2) is 21.7 Å². The minimum Gasteiger partial charge on any atom is -0.477 e. The molecule has 28 heavy (non-hydrogen) atoms. The molecule has 0 aliphatic heterocycles. The first-order chi connectivity index (χ1) is 13.6. The van der Waals surface area contributed by atoms with Gasteiger partial charge in [0.25, 0.3) is 0 Å². The van der Waals surface area contributed by atoms with Crippen molar-refractivity contribution in [2.24, 2.45) is 5.92 Å². The molecule has 0 spiro atoms. The number of aromatic carboxylic acids is 1. The highest BCUT2D eigenvalue weighted by molar-refractivity contribution is 5.98. The molecule has 4 rings (SSSR count). The second kappa shape index (κ2) is 8.19. The summed E-state index contributed by atoms with van der Waals surface area (Å²) in [4.78, 5) is 12.3. The van der Waals surface area contributed by atoms with Crippen molar-refractivity contribution in [3.05, 3.63) is 71.4 Å². The van der Waals surface area contributed by atoms with E-state index < -0.39 is 5.97 Å². The van der Waals surface area contributed by atoms with Crippen molar-refractivity contribution in [2.75, 3.05) is 0 Å². The first-order valence-electron chi connectivity index (χ1n) is 10.3. The van der Waals surface area contributed by atoms with E-state index in [4.69, 9.17) is 0 Å². The molecule has 2 N–H and O–H groups in total. The lowest BCUT2D eigenvalue weighted by atomic mass is 9.86. The molecule has 4 nitrogen and oxygen atoms in total. The van der Waals surface area contributed by atoms with Gasteiger partial charge in [-0.3, -0.25) is 0 Å². The minimum absolute atomic E-state index is 0.404. The summed E-state index contributed by atoms with van der Waals surface area (Å²) in [6, 6.07) is 18.6. The smallest absolute Gasteiger partial charge is 0.352 e. The largest absolute Gasteiger partial charge is 0.477 e. The Morgan fingerprint density at radius 1 is 1.07 bits per heavy atom. The Morgan fingerprint density at radius 2 is 1.79 bits per heavy atom. The highest BCUT2D eigenvalue weighted by Gasteiger charge is 2.25. The maximum Gasteiger partial charge on any atom is 0.352 e. The normalized spacial score (nSPS) is 19.8. The van der Waals surface area contributed by atoms with Crippen molar-refractivity contribution < 1.29 is 9.90 Å². The van der Waals surface area contributed by atoms with Gasteiger partial charge in [0, 0.05) is 35.6 Å². The van der Waals surface area contributed by atoms with Gasteiger partial charge in [0.15, 0.2) is 0 Å². The maximum atomic E-state index is 12.3. The number of rotatable bonds is 6. The predicted octanol–water partition coefficient (Wildman–Crippen LogP) is 5.06. The van der Waals surface area contributed by atoms with Gasteiger partial charge in [0.05, 0.1) is 0 Å². The molecule has 1 aliphatic rings. The molecule has 1 aliphatic carbocycles. The van der Waals surface area contributed by atoms with Crippen LogP contribution in [0.1, 0.15) is 54.2 Å². The molecule has 1 fully saturated rings. The van der Waals surface area contributed by atoms with Gasteiger partial charge >= 0.3 is 5.97 Å². The first-order valence-corrected chi connectivity index (χ1v) is 10.3. The summed E-state index contributed by atoms with van der Waals surface area (Å²) in [5.41, 5.74) is 3.39.